The molecule has 1 aromatic heterocycles. The van der Waals surface area contributed by atoms with Crippen molar-refractivity contribution in [3.8, 4) is 0 Å². The van der Waals surface area contributed by atoms with Crippen LogP contribution in [0.25, 0.3) is 0 Å². The van der Waals surface area contributed by atoms with E-state index >= 15 is 0 Å². The van der Waals surface area contributed by atoms with Crippen LogP contribution in [-0.2, 0) is 0 Å². The van der Waals surface area contributed by atoms with Crippen LogP contribution in [0.1, 0.15) is 23.7 Å². The number of rotatable bonds is 7. The monoisotopic (exact) mass is 432 g/mol. The highest BCUT2D eigenvalue weighted by molar-refractivity contribution is 6.32. The molecule has 1 aromatic carbocycles. The van der Waals surface area contributed by atoms with Crippen LogP contribution in [0.15, 0.2) is 47.6 Å². The van der Waals surface area contributed by atoms with Crippen molar-refractivity contribution < 1.29 is 9.18 Å². The van der Waals surface area contributed by atoms with E-state index in [1.807, 2.05) is 19.1 Å². The number of amides is 1. The summed E-state index contributed by atoms with van der Waals surface area (Å²) in [6.45, 7) is 5.02. The lowest BCUT2D eigenvalue weighted by Crippen LogP contribution is -2.45. The molecule has 30 heavy (non-hydrogen) atoms. The normalized spacial score (nSPS) is 16.4. The summed E-state index contributed by atoms with van der Waals surface area (Å²) in [6, 6.07) is 9.77. The summed E-state index contributed by atoms with van der Waals surface area (Å²) in [5.74, 6) is 0.491. The molecule has 160 valence electrons. The van der Waals surface area contributed by atoms with Crippen molar-refractivity contribution in [3.63, 3.8) is 0 Å². The van der Waals surface area contributed by atoms with Gasteiger partial charge in [0.15, 0.2) is 5.96 Å². The SMILES string of the molecule is CCNC(=NCCNC(=O)c1ccccc1F)NC1CCN(c2ncccc2Cl)C1. The Hall–Kier alpha value is -2.87. The Bertz CT molecular complexity index is 893. The number of nitrogens with zero attached hydrogens (tertiary/aromatic N) is 3. The molecule has 0 saturated carbocycles. The number of carbonyl (C=O) groups is 1. The molecule has 9 heteroatoms. The first kappa shape index (κ1) is 21.8. The molecule has 0 radical (unpaired) electrons. The van der Waals surface area contributed by atoms with Gasteiger partial charge in [-0.1, -0.05) is 23.7 Å². The van der Waals surface area contributed by atoms with Gasteiger partial charge in [0.05, 0.1) is 17.1 Å². The van der Waals surface area contributed by atoms with Crippen molar-refractivity contribution in [1.29, 1.82) is 0 Å². The molecule has 1 aliphatic heterocycles. The number of aromatic nitrogens is 1. The van der Waals surface area contributed by atoms with Crippen LogP contribution in [0.2, 0.25) is 5.02 Å². The number of anilines is 1. The molecule has 3 rings (SSSR count). The Kier molecular flexibility index (Phi) is 7.84. The number of aliphatic imine (C=N–C) groups is 1. The largest absolute Gasteiger partial charge is 0.357 e. The molecule has 0 spiro atoms. The summed E-state index contributed by atoms with van der Waals surface area (Å²) in [4.78, 5) is 23.1. The third kappa shape index (κ3) is 5.82. The van der Waals surface area contributed by atoms with E-state index in [2.05, 4.69) is 30.8 Å². The van der Waals surface area contributed by atoms with Crippen molar-refractivity contribution in [2.45, 2.75) is 19.4 Å². The first-order valence-corrected chi connectivity index (χ1v) is 10.4. The van der Waals surface area contributed by atoms with Crippen molar-refractivity contribution in [3.05, 3.63) is 59.0 Å². The zero-order valence-electron chi connectivity index (χ0n) is 16.9. The number of guanidine groups is 1. The number of pyridine rings is 1. The van der Waals surface area contributed by atoms with E-state index < -0.39 is 11.7 Å². The second-order valence-corrected chi connectivity index (χ2v) is 7.29. The third-order valence-electron chi connectivity index (χ3n) is 4.70. The van der Waals surface area contributed by atoms with E-state index in [9.17, 15) is 9.18 Å². The molecule has 2 heterocycles. The number of carbonyl (C=O) groups excluding carboxylic acids is 1. The summed E-state index contributed by atoms with van der Waals surface area (Å²) in [5.41, 5.74) is 0.0331. The van der Waals surface area contributed by atoms with Crippen LogP contribution in [0.4, 0.5) is 10.2 Å². The molecule has 0 bridgehead atoms. The van der Waals surface area contributed by atoms with Crippen LogP contribution in [0.3, 0.4) is 0 Å². The minimum absolute atomic E-state index is 0.0331. The van der Waals surface area contributed by atoms with Crippen LogP contribution < -0.4 is 20.9 Å². The summed E-state index contributed by atoms with van der Waals surface area (Å²) in [6.07, 6.45) is 2.67. The van der Waals surface area contributed by atoms with Crippen LogP contribution >= 0.6 is 11.6 Å². The Labute approximate surface area is 180 Å². The van der Waals surface area contributed by atoms with Crippen molar-refractivity contribution in [2.75, 3.05) is 37.6 Å². The molecule has 0 aliphatic carbocycles. The summed E-state index contributed by atoms with van der Waals surface area (Å²) >= 11 is 6.25. The maximum atomic E-state index is 13.7. The van der Waals surface area contributed by atoms with Gasteiger partial charge in [0.2, 0.25) is 0 Å². The minimum atomic E-state index is -0.535. The van der Waals surface area contributed by atoms with Crippen LogP contribution in [0, 0.1) is 5.82 Å². The van der Waals surface area contributed by atoms with Gasteiger partial charge in [-0.25, -0.2) is 9.37 Å². The van der Waals surface area contributed by atoms with E-state index in [0.717, 1.165) is 31.9 Å². The Morgan fingerprint density at radius 1 is 1.30 bits per heavy atom. The summed E-state index contributed by atoms with van der Waals surface area (Å²) in [7, 11) is 0. The van der Waals surface area contributed by atoms with E-state index in [-0.39, 0.29) is 11.6 Å². The molecule has 1 amide bonds. The predicted molar refractivity (Wildman–Crippen MR) is 118 cm³/mol. The molecule has 1 saturated heterocycles. The number of halogens is 2. The highest BCUT2D eigenvalue weighted by Crippen LogP contribution is 2.25. The lowest BCUT2D eigenvalue weighted by Gasteiger charge is -2.20. The molecule has 3 N–H and O–H groups in total. The first-order chi connectivity index (χ1) is 14.6. The molecule has 7 nitrogen and oxygen atoms in total. The number of hydrogen-bond donors (Lipinski definition) is 3. The van der Waals surface area contributed by atoms with Crippen LogP contribution in [-0.4, -0.2) is 55.6 Å². The average molecular weight is 433 g/mol. The molecule has 2 aromatic rings. The fourth-order valence-corrected chi connectivity index (χ4v) is 3.51. The van der Waals surface area contributed by atoms with Gasteiger partial charge in [-0.3, -0.25) is 9.79 Å². The first-order valence-electron chi connectivity index (χ1n) is 10.0. The summed E-state index contributed by atoms with van der Waals surface area (Å²) < 4.78 is 13.7. The Balaban J connectivity index is 1.49. The molecular formula is C21H26ClFN6O. The predicted octanol–water partition coefficient (Wildman–Crippen LogP) is 2.44. The Morgan fingerprint density at radius 2 is 2.13 bits per heavy atom. The molecule has 1 fully saturated rings. The van der Waals surface area contributed by atoms with Gasteiger partial charge in [-0.05, 0) is 37.6 Å². The fourth-order valence-electron chi connectivity index (χ4n) is 3.27. The zero-order valence-corrected chi connectivity index (χ0v) is 17.6. The van der Waals surface area contributed by atoms with E-state index in [0.29, 0.717) is 24.1 Å². The maximum absolute atomic E-state index is 13.7. The smallest absolute Gasteiger partial charge is 0.254 e. The van der Waals surface area contributed by atoms with Gasteiger partial charge in [-0.15, -0.1) is 0 Å². The molecule has 1 unspecified atom stereocenters. The van der Waals surface area contributed by atoms with Crippen molar-refractivity contribution in [2.24, 2.45) is 4.99 Å². The molecule has 1 aliphatic rings. The van der Waals surface area contributed by atoms with Gasteiger partial charge >= 0.3 is 0 Å². The highest BCUT2D eigenvalue weighted by Gasteiger charge is 2.25. The zero-order chi connectivity index (χ0) is 21.3. The van der Waals surface area contributed by atoms with E-state index in [1.54, 1.807) is 18.3 Å². The van der Waals surface area contributed by atoms with Gasteiger partial charge in [0, 0.05) is 38.4 Å². The minimum Gasteiger partial charge on any atom is -0.357 e. The third-order valence-corrected chi connectivity index (χ3v) is 4.99. The topological polar surface area (TPSA) is 81.6 Å². The van der Waals surface area contributed by atoms with Gasteiger partial charge in [0.1, 0.15) is 11.6 Å². The lowest BCUT2D eigenvalue weighted by molar-refractivity contribution is 0.0951. The molecule has 1 atom stereocenters. The Morgan fingerprint density at radius 3 is 2.90 bits per heavy atom. The average Bonchev–Trinajstić information content (AvgIpc) is 3.20. The fraction of sp³-hybridized carbons (Fsp3) is 0.381. The maximum Gasteiger partial charge on any atom is 0.254 e. The van der Waals surface area contributed by atoms with Crippen LogP contribution in [0.5, 0.6) is 0 Å². The van der Waals surface area contributed by atoms with Crippen molar-refractivity contribution >= 4 is 29.3 Å². The van der Waals surface area contributed by atoms with Gasteiger partial charge in [-0.2, -0.15) is 0 Å². The lowest BCUT2D eigenvalue weighted by atomic mass is 10.2. The van der Waals surface area contributed by atoms with Gasteiger partial charge < -0.3 is 20.9 Å². The quantitative estimate of drug-likeness (QED) is 0.355. The second kappa shape index (κ2) is 10.8. The van der Waals surface area contributed by atoms with Crippen molar-refractivity contribution in [1.82, 2.24) is 20.9 Å². The number of benzene rings is 1. The number of hydrogen-bond acceptors (Lipinski definition) is 4. The summed E-state index contributed by atoms with van der Waals surface area (Å²) in [5, 5.41) is 9.96. The number of nitrogens with one attached hydrogen (secondary N) is 3. The van der Waals surface area contributed by atoms with E-state index in [1.165, 1.54) is 12.1 Å². The van der Waals surface area contributed by atoms with E-state index in [4.69, 9.17) is 11.6 Å². The molecular weight excluding hydrogens is 407 g/mol. The second-order valence-electron chi connectivity index (χ2n) is 6.88. The van der Waals surface area contributed by atoms with Gasteiger partial charge in [0.25, 0.3) is 5.91 Å². The highest BCUT2D eigenvalue weighted by atomic mass is 35.5. The standard InChI is InChI=1S/C21H26ClFN6O/c1-2-24-21(27-12-11-26-20(30)16-6-3-4-8-18(16)23)28-15-9-13-29(14-15)19-17(22)7-5-10-25-19/h3-8,10,15H,2,9,11-14H2,1H3,(H,26,30)(H2,24,27,28).